The number of aromatic amines is 1. The minimum atomic E-state index is -1.32. The Morgan fingerprint density at radius 2 is 1.57 bits per heavy atom. The monoisotopic (exact) mass is 493 g/mol. The van der Waals surface area contributed by atoms with E-state index in [0.29, 0.717) is 27.3 Å². The van der Waals surface area contributed by atoms with Crippen molar-refractivity contribution in [1.82, 2.24) is 20.9 Å². The van der Waals surface area contributed by atoms with E-state index in [0.717, 1.165) is 6.21 Å². The van der Waals surface area contributed by atoms with Crippen LogP contribution in [0, 0.1) is 0 Å². The first-order chi connectivity index (χ1) is 18.0. The third-order valence-electron chi connectivity index (χ3n) is 5.66. The van der Waals surface area contributed by atoms with Gasteiger partial charge in [-0.05, 0) is 30.3 Å². The number of benzene rings is 3. The van der Waals surface area contributed by atoms with E-state index in [1.54, 1.807) is 78.9 Å². The van der Waals surface area contributed by atoms with Gasteiger partial charge >= 0.3 is 0 Å². The number of aromatic nitrogens is 2. The van der Waals surface area contributed by atoms with Crippen LogP contribution in [0.1, 0.15) is 27.7 Å². The number of para-hydroxylation sites is 1. The number of H-pyrrole nitrogens is 1. The lowest BCUT2D eigenvalue weighted by Crippen LogP contribution is -2.40. The molecule has 2 aromatic heterocycles. The highest BCUT2D eigenvalue weighted by Crippen LogP contribution is 2.20. The molecule has 5 rings (SSSR count). The lowest BCUT2D eigenvalue weighted by atomic mass is 10.0. The largest absolute Gasteiger partial charge is 0.463 e. The molecule has 0 aliphatic heterocycles. The first-order valence-corrected chi connectivity index (χ1v) is 11.2. The average Bonchev–Trinajstić information content (AvgIpc) is 2.94. The van der Waals surface area contributed by atoms with E-state index in [9.17, 15) is 19.2 Å². The number of hydrazone groups is 1. The number of carbonyl (C=O) groups is 2. The van der Waals surface area contributed by atoms with Gasteiger partial charge in [-0.25, -0.2) is 10.5 Å². The summed E-state index contributed by atoms with van der Waals surface area (Å²) >= 11 is 0. The summed E-state index contributed by atoms with van der Waals surface area (Å²) in [7, 11) is 0. The van der Waals surface area contributed by atoms with Crippen molar-refractivity contribution < 1.29 is 14.0 Å². The highest BCUT2D eigenvalue weighted by Gasteiger charge is 2.27. The van der Waals surface area contributed by atoms with Gasteiger partial charge in [-0.1, -0.05) is 48.5 Å². The quantitative estimate of drug-likeness (QED) is 0.245. The second-order valence-electron chi connectivity index (χ2n) is 8.01. The number of rotatable bonds is 6. The van der Waals surface area contributed by atoms with Gasteiger partial charge in [0.05, 0.1) is 22.6 Å². The molecule has 1 atom stereocenters. The topological polar surface area (TPSA) is 147 Å². The van der Waals surface area contributed by atoms with Gasteiger partial charge in [-0.2, -0.15) is 10.2 Å². The maximum absolute atomic E-state index is 13.3. The van der Waals surface area contributed by atoms with Gasteiger partial charge in [0.25, 0.3) is 17.4 Å². The number of nitrogens with zero attached hydrogens (tertiary/aromatic N) is 2. The number of nitrogens with one attached hydrogen (secondary N) is 3. The Morgan fingerprint density at radius 1 is 0.892 bits per heavy atom. The lowest BCUT2D eigenvalue weighted by Gasteiger charge is -2.18. The van der Waals surface area contributed by atoms with Crippen molar-refractivity contribution >= 4 is 39.8 Å². The van der Waals surface area contributed by atoms with Crippen molar-refractivity contribution in [2.45, 2.75) is 6.04 Å². The Labute approximate surface area is 208 Å². The molecule has 2 amide bonds. The molecule has 10 heteroatoms. The van der Waals surface area contributed by atoms with Gasteiger partial charge < -0.3 is 9.73 Å². The molecule has 0 spiro atoms. The van der Waals surface area contributed by atoms with Crippen LogP contribution in [0.15, 0.2) is 104 Å². The Bertz CT molecular complexity index is 1780. The molecule has 2 heterocycles. The molecule has 0 saturated carbocycles. The molecule has 0 saturated heterocycles. The van der Waals surface area contributed by atoms with Crippen molar-refractivity contribution in [3.05, 3.63) is 123 Å². The van der Waals surface area contributed by atoms with Gasteiger partial charge in [-0.15, -0.1) is 0 Å². The van der Waals surface area contributed by atoms with Crippen LogP contribution in [-0.2, 0) is 4.79 Å². The molecule has 5 aromatic rings. The number of amides is 2. The fourth-order valence-corrected chi connectivity index (χ4v) is 3.83. The number of carbonyl (C=O) groups excluding carboxylic acids is 2. The highest BCUT2D eigenvalue weighted by atomic mass is 16.3. The van der Waals surface area contributed by atoms with Crippen LogP contribution in [0.3, 0.4) is 0 Å². The molecule has 0 fully saturated rings. The van der Waals surface area contributed by atoms with Gasteiger partial charge in [0.15, 0.2) is 6.04 Å². The standard InChI is InChI=1S/C27H19N5O5/c33-24-17(15-37-21-13-7-6-12-20(21)24)14-28-31-27(36)23(29-25(34)16-8-2-1-3-9-16)22-18-10-4-5-11-19(18)26(35)32-30-22/h1-15,23H,(H,29,34)(H,31,36)(H,32,35)/b28-14+. The normalized spacial score (nSPS) is 12.0. The lowest BCUT2D eigenvalue weighted by molar-refractivity contribution is -0.123. The second kappa shape index (κ2) is 10.1. The molecule has 10 nitrogen and oxygen atoms in total. The third kappa shape index (κ3) is 4.76. The van der Waals surface area contributed by atoms with Crippen LogP contribution < -0.4 is 21.7 Å². The summed E-state index contributed by atoms with van der Waals surface area (Å²) in [5.74, 6) is -1.27. The number of hydrogen-bond donors (Lipinski definition) is 3. The smallest absolute Gasteiger partial charge is 0.272 e. The average molecular weight is 493 g/mol. The second-order valence-corrected chi connectivity index (χ2v) is 8.01. The molecular weight excluding hydrogens is 474 g/mol. The predicted octanol–water partition coefficient (Wildman–Crippen LogP) is 2.65. The first-order valence-electron chi connectivity index (χ1n) is 11.2. The molecular formula is C27H19N5O5. The Balaban J connectivity index is 1.47. The highest BCUT2D eigenvalue weighted by molar-refractivity contribution is 5.99. The summed E-state index contributed by atoms with van der Waals surface area (Å²) in [5, 5.41) is 14.0. The first kappa shape index (κ1) is 23.4. The van der Waals surface area contributed by atoms with Gasteiger partial charge in [0, 0.05) is 10.9 Å². The zero-order valence-corrected chi connectivity index (χ0v) is 19.2. The Morgan fingerprint density at radius 3 is 2.35 bits per heavy atom. The molecule has 37 heavy (non-hydrogen) atoms. The summed E-state index contributed by atoms with van der Waals surface area (Å²) in [6, 6.07) is 20.4. The molecule has 0 aliphatic carbocycles. The SMILES string of the molecule is O=C(NC(C(=O)N/N=C/c1coc2ccccc2c1=O)c1n[nH]c(=O)c2ccccc12)c1ccccc1. The van der Waals surface area contributed by atoms with E-state index in [1.165, 1.54) is 6.26 Å². The summed E-state index contributed by atoms with van der Waals surface area (Å²) in [5.41, 5.74) is 2.58. The number of hydrogen-bond acceptors (Lipinski definition) is 7. The van der Waals surface area contributed by atoms with Crippen LogP contribution >= 0.6 is 0 Å². The van der Waals surface area contributed by atoms with Crippen molar-refractivity contribution in [1.29, 1.82) is 0 Å². The van der Waals surface area contributed by atoms with E-state index in [-0.39, 0.29) is 16.7 Å². The summed E-state index contributed by atoms with van der Waals surface area (Å²) in [6.45, 7) is 0. The summed E-state index contributed by atoms with van der Waals surface area (Å²) < 4.78 is 5.45. The van der Waals surface area contributed by atoms with Crippen molar-refractivity contribution in [3.63, 3.8) is 0 Å². The van der Waals surface area contributed by atoms with E-state index in [2.05, 4.69) is 26.0 Å². The zero-order valence-electron chi connectivity index (χ0n) is 19.2. The summed E-state index contributed by atoms with van der Waals surface area (Å²) in [6.07, 6.45) is 2.40. The molecule has 0 bridgehead atoms. The predicted molar refractivity (Wildman–Crippen MR) is 137 cm³/mol. The van der Waals surface area contributed by atoms with E-state index in [1.807, 2.05) is 0 Å². The minimum absolute atomic E-state index is 0.122. The van der Waals surface area contributed by atoms with E-state index >= 15 is 0 Å². The fourth-order valence-electron chi connectivity index (χ4n) is 3.83. The maximum atomic E-state index is 13.3. The van der Waals surface area contributed by atoms with Gasteiger partial charge in [0.2, 0.25) is 5.43 Å². The van der Waals surface area contributed by atoms with E-state index < -0.39 is 23.4 Å². The maximum Gasteiger partial charge on any atom is 0.272 e. The van der Waals surface area contributed by atoms with Gasteiger partial charge in [0.1, 0.15) is 17.5 Å². The van der Waals surface area contributed by atoms with Crippen molar-refractivity contribution in [2.75, 3.05) is 0 Å². The number of fused-ring (bicyclic) bond motifs is 2. The van der Waals surface area contributed by atoms with Crippen molar-refractivity contribution in [3.8, 4) is 0 Å². The van der Waals surface area contributed by atoms with Crippen LogP contribution in [0.5, 0.6) is 0 Å². The molecule has 3 N–H and O–H groups in total. The molecule has 0 aliphatic rings. The molecule has 0 radical (unpaired) electrons. The van der Waals surface area contributed by atoms with Crippen molar-refractivity contribution in [2.24, 2.45) is 5.10 Å². The van der Waals surface area contributed by atoms with Crippen LogP contribution in [0.2, 0.25) is 0 Å². The fraction of sp³-hybridized carbons (Fsp3) is 0.0370. The molecule has 3 aromatic carbocycles. The van der Waals surface area contributed by atoms with Gasteiger partial charge in [-0.3, -0.25) is 19.2 Å². The van der Waals surface area contributed by atoms with Crippen LogP contribution in [-0.4, -0.2) is 28.2 Å². The minimum Gasteiger partial charge on any atom is -0.463 e. The summed E-state index contributed by atoms with van der Waals surface area (Å²) in [4.78, 5) is 51.1. The van der Waals surface area contributed by atoms with E-state index in [4.69, 9.17) is 4.42 Å². The molecule has 182 valence electrons. The van der Waals surface area contributed by atoms with Crippen LogP contribution in [0.4, 0.5) is 0 Å². The molecule has 1 unspecified atom stereocenters. The Kier molecular flexibility index (Phi) is 6.37. The van der Waals surface area contributed by atoms with Crippen LogP contribution in [0.25, 0.3) is 21.7 Å². The zero-order chi connectivity index (χ0) is 25.8. The Hall–Kier alpha value is -5.38. The third-order valence-corrected chi connectivity index (χ3v) is 5.66.